The summed E-state index contributed by atoms with van der Waals surface area (Å²) in [5, 5.41) is 24.2. The smallest absolute Gasteiger partial charge is 0.414 e. The van der Waals surface area contributed by atoms with Gasteiger partial charge in [0.05, 0.1) is 19.2 Å². The quantitative estimate of drug-likeness (QED) is 0.605. The third-order valence-electron chi connectivity index (χ3n) is 3.72. The number of carboxylic acids is 2. The molecule has 0 spiro atoms. The van der Waals surface area contributed by atoms with Gasteiger partial charge < -0.3 is 14.9 Å². The standard InChI is InChI=1S/C15H19ClN2O.C2H2O4/c16-15-3-1-13(2-4-15)11-19-12-14-5-8-18(9-6-14)10-7-17;3-1(4)2(5)6/h1-4,14H,5-6,8-12H2;(H,3,4)(H,5,6). The molecule has 1 aromatic rings. The van der Waals surface area contributed by atoms with Gasteiger partial charge in [0.2, 0.25) is 0 Å². The van der Waals surface area contributed by atoms with Crippen molar-refractivity contribution in [3.8, 4) is 6.07 Å². The van der Waals surface area contributed by atoms with E-state index in [0.29, 0.717) is 19.1 Å². The number of rotatable bonds is 5. The number of nitrogens with zero attached hydrogens (tertiary/aromatic N) is 2. The summed E-state index contributed by atoms with van der Waals surface area (Å²) in [5.74, 6) is -3.02. The van der Waals surface area contributed by atoms with Crippen LogP contribution in [0.4, 0.5) is 0 Å². The summed E-state index contributed by atoms with van der Waals surface area (Å²) < 4.78 is 5.77. The Labute approximate surface area is 151 Å². The summed E-state index contributed by atoms with van der Waals surface area (Å²) in [6, 6.07) is 9.98. The normalized spacial score (nSPS) is 14.9. The third kappa shape index (κ3) is 9.05. The number of benzene rings is 1. The molecule has 0 atom stereocenters. The van der Waals surface area contributed by atoms with E-state index in [1.165, 1.54) is 0 Å². The zero-order valence-electron chi connectivity index (χ0n) is 13.7. The number of carbonyl (C=O) groups is 2. The molecule has 1 fully saturated rings. The minimum Gasteiger partial charge on any atom is -0.473 e. The summed E-state index contributed by atoms with van der Waals surface area (Å²) in [5.41, 5.74) is 1.16. The largest absolute Gasteiger partial charge is 0.473 e. The molecule has 1 aliphatic heterocycles. The topological polar surface area (TPSA) is 111 Å². The molecule has 2 N–H and O–H groups in total. The maximum Gasteiger partial charge on any atom is 0.414 e. The van der Waals surface area contributed by atoms with Gasteiger partial charge in [0.1, 0.15) is 0 Å². The van der Waals surface area contributed by atoms with Crippen molar-refractivity contribution in [1.29, 1.82) is 5.26 Å². The van der Waals surface area contributed by atoms with Gasteiger partial charge >= 0.3 is 11.9 Å². The number of piperidine rings is 1. The fourth-order valence-electron chi connectivity index (χ4n) is 2.34. The van der Waals surface area contributed by atoms with Gasteiger partial charge in [-0.15, -0.1) is 0 Å². The van der Waals surface area contributed by atoms with Crippen molar-refractivity contribution in [2.24, 2.45) is 5.92 Å². The molecule has 0 aromatic heterocycles. The molecule has 1 saturated heterocycles. The van der Waals surface area contributed by atoms with Gasteiger partial charge in [0.15, 0.2) is 0 Å². The summed E-state index contributed by atoms with van der Waals surface area (Å²) >= 11 is 5.84. The highest BCUT2D eigenvalue weighted by Gasteiger charge is 2.18. The zero-order chi connectivity index (χ0) is 18.7. The van der Waals surface area contributed by atoms with Crippen LogP contribution in [0.5, 0.6) is 0 Å². The van der Waals surface area contributed by atoms with E-state index in [1.54, 1.807) is 0 Å². The predicted octanol–water partition coefficient (Wildman–Crippen LogP) is 2.25. The number of aliphatic carboxylic acids is 2. The van der Waals surface area contributed by atoms with Crippen molar-refractivity contribution in [2.45, 2.75) is 19.4 Å². The second-order valence-corrected chi connectivity index (χ2v) is 6.07. The first-order valence-corrected chi connectivity index (χ1v) is 8.18. The molecule has 8 heteroatoms. The molecule has 0 bridgehead atoms. The van der Waals surface area contributed by atoms with Gasteiger partial charge in [-0.2, -0.15) is 5.26 Å². The molecule has 2 rings (SSSR count). The fourth-order valence-corrected chi connectivity index (χ4v) is 2.46. The fraction of sp³-hybridized carbons (Fsp3) is 0.471. The molecular formula is C17H21ClN2O5. The summed E-state index contributed by atoms with van der Waals surface area (Å²) in [6.45, 7) is 4.04. The summed E-state index contributed by atoms with van der Waals surface area (Å²) in [6.07, 6.45) is 2.25. The van der Waals surface area contributed by atoms with Gasteiger partial charge in [-0.25, -0.2) is 9.59 Å². The number of likely N-dealkylation sites (tertiary alicyclic amines) is 1. The van der Waals surface area contributed by atoms with Crippen LogP contribution in [0.25, 0.3) is 0 Å². The van der Waals surface area contributed by atoms with E-state index in [1.807, 2.05) is 24.3 Å². The Morgan fingerprint density at radius 3 is 2.24 bits per heavy atom. The lowest BCUT2D eigenvalue weighted by atomic mass is 9.98. The van der Waals surface area contributed by atoms with Crippen LogP contribution in [0.1, 0.15) is 18.4 Å². The minimum absolute atomic E-state index is 0.554. The first kappa shape index (κ1) is 20.9. The molecule has 25 heavy (non-hydrogen) atoms. The molecule has 1 aromatic carbocycles. The second kappa shape index (κ2) is 11.4. The number of carboxylic acid groups (broad SMARTS) is 2. The van der Waals surface area contributed by atoms with Crippen molar-refractivity contribution in [1.82, 2.24) is 4.90 Å². The van der Waals surface area contributed by atoms with Gasteiger partial charge in [0, 0.05) is 11.6 Å². The Balaban J connectivity index is 0.000000450. The van der Waals surface area contributed by atoms with E-state index in [0.717, 1.165) is 43.1 Å². The molecule has 1 aliphatic rings. The number of hydrogen-bond donors (Lipinski definition) is 2. The molecule has 0 unspecified atom stereocenters. The van der Waals surface area contributed by atoms with E-state index in [2.05, 4.69) is 11.0 Å². The highest BCUT2D eigenvalue weighted by atomic mass is 35.5. The van der Waals surface area contributed by atoms with Gasteiger partial charge in [0.25, 0.3) is 0 Å². The number of hydrogen-bond acceptors (Lipinski definition) is 5. The Morgan fingerprint density at radius 1 is 1.20 bits per heavy atom. The maximum atomic E-state index is 9.10. The number of nitriles is 1. The second-order valence-electron chi connectivity index (χ2n) is 5.63. The number of ether oxygens (including phenoxy) is 1. The van der Waals surface area contributed by atoms with Crippen LogP contribution in [0.15, 0.2) is 24.3 Å². The highest BCUT2D eigenvalue weighted by molar-refractivity contribution is 6.30. The summed E-state index contributed by atoms with van der Waals surface area (Å²) in [4.78, 5) is 20.4. The van der Waals surface area contributed by atoms with Gasteiger partial charge in [-0.1, -0.05) is 23.7 Å². The Bertz CT molecular complexity index is 580. The van der Waals surface area contributed by atoms with Crippen molar-refractivity contribution in [2.75, 3.05) is 26.2 Å². The van der Waals surface area contributed by atoms with Crippen molar-refractivity contribution in [3.05, 3.63) is 34.9 Å². The van der Waals surface area contributed by atoms with E-state index in [9.17, 15) is 0 Å². The van der Waals surface area contributed by atoms with Crippen LogP contribution >= 0.6 is 11.6 Å². The van der Waals surface area contributed by atoms with E-state index in [4.69, 9.17) is 41.4 Å². The molecule has 136 valence electrons. The van der Waals surface area contributed by atoms with Gasteiger partial charge in [-0.3, -0.25) is 4.90 Å². The zero-order valence-corrected chi connectivity index (χ0v) is 14.5. The lowest BCUT2D eigenvalue weighted by Crippen LogP contribution is -2.35. The van der Waals surface area contributed by atoms with Crippen molar-refractivity contribution in [3.63, 3.8) is 0 Å². The molecule has 0 saturated carbocycles. The lowest BCUT2D eigenvalue weighted by molar-refractivity contribution is -0.159. The third-order valence-corrected chi connectivity index (χ3v) is 3.97. The van der Waals surface area contributed by atoms with E-state index >= 15 is 0 Å². The molecule has 7 nitrogen and oxygen atoms in total. The van der Waals surface area contributed by atoms with Crippen LogP contribution in [0, 0.1) is 17.2 Å². The average Bonchev–Trinajstić information content (AvgIpc) is 2.59. The van der Waals surface area contributed by atoms with Gasteiger partial charge in [-0.05, 0) is 49.5 Å². The predicted molar refractivity (Wildman–Crippen MR) is 91.2 cm³/mol. The lowest BCUT2D eigenvalue weighted by Gasteiger charge is -2.29. The molecule has 0 aliphatic carbocycles. The molecular weight excluding hydrogens is 348 g/mol. The molecule has 0 amide bonds. The average molecular weight is 369 g/mol. The van der Waals surface area contributed by atoms with Crippen LogP contribution in [-0.4, -0.2) is 53.3 Å². The minimum atomic E-state index is -1.82. The maximum absolute atomic E-state index is 9.10. The van der Waals surface area contributed by atoms with Crippen LogP contribution in [0.3, 0.4) is 0 Å². The molecule has 1 heterocycles. The van der Waals surface area contributed by atoms with Crippen molar-refractivity contribution >= 4 is 23.5 Å². The van der Waals surface area contributed by atoms with Crippen LogP contribution in [0.2, 0.25) is 5.02 Å². The first-order valence-electron chi connectivity index (χ1n) is 7.80. The summed E-state index contributed by atoms with van der Waals surface area (Å²) in [7, 11) is 0. The van der Waals surface area contributed by atoms with E-state index in [-0.39, 0.29) is 0 Å². The van der Waals surface area contributed by atoms with Crippen molar-refractivity contribution < 1.29 is 24.5 Å². The SMILES string of the molecule is N#CCN1CCC(COCc2ccc(Cl)cc2)CC1.O=C(O)C(=O)O. The van der Waals surface area contributed by atoms with Crippen LogP contribution < -0.4 is 0 Å². The number of halogens is 1. The molecule has 0 radical (unpaired) electrons. The van der Waals surface area contributed by atoms with E-state index < -0.39 is 11.9 Å². The van der Waals surface area contributed by atoms with Crippen LogP contribution in [-0.2, 0) is 20.9 Å². The first-order chi connectivity index (χ1) is 11.9. The Hall–Kier alpha value is -2.14. The highest BCUT2D eigenvalue weighted by Crippen LogP contribution is 2.18. The Morgan fingerprint density at radius 2 is 1.76 bits per heavy atom. The monoisotopic (exact) mass is 368 g/mol. The Kier molecular flexibility index (Phi) is 9.55.